The van der Waals surface area contributed by atoms with Crippen molar-refractivity contribution >= 4 is 13.6 Å². The lowest BCUT2D eigenvalue weighted by Gasteiger charge is -2.03. The molecule has 0 aliphatic rings. The molecule has 0 rings (SSSR count). The standard InChI is InChI=1S/C7H15O5P/c1-2-4-7(8)5-3-6-12-13(9,10)11/h2-6H2,1H3,(H2,9,10,11). The number of rotatable bonds is 7. The number of ketones is 1. The number of hydrogen-bond donors (Lipinski definition) is 2. The summed E-state index contributed by atoms with van der Waals surface area (Å²) in [6, 6.07) is 0. The molecule has 0 saturated carbocycles. The highest BCUT2D eigenvalue weighted by Crippen LogP contribution is 2.35. The fraction of sp³-hybridized carbons (Fsp3) is 0.857. The predicted molar refractivity (Wildman–Crippen MR) is 47.1 cm³/mol. The molecule has 0 fully saturated rings. The molecule has 78 valence electrons. The highest BCUT2D eigenvalue weighted by Gasteiger charge is 2.12. The van der Waals surface area contributed by atoms with Gasteiger partial charge in [0.05, 0.1) is 6.61 Å². The smallest absolute Gasteiger partial charge is 0.303 e. The van der Waals surface area contributed by atoms with Gasteiger partial charge < -0.3 is 9.79 Å². The largest absolute Gasteiger partial charge is 0.469 e. The van der Waals surface area contributed by atoms with Gasteiger partial charge in [0.1, 0.15) is 5.78 Å². The van der Waals surface area contributed by atoms with Crippen LogP contribution in [-0.4, -0.2) is 22.2 Å². The molecule has 2 N–H and O–H groups in total. The van der Waals surface area contributed by atoms with E-state index in [0.29, 0.717) is 19.3 Å². The molecule has 0 aromatic carbocycles. The van der Waals surface area contributed by atoms with E-state index in [1.807, 2.05) is 6.92 Å². The van der Waals surface area contributed by atoms with Crippen LogP contribution in [0.2, 0.25) is 0 Å². The molecule has 0 saturated heterocycles. The van der Waals surface area contributed by atoms with Gasteiger partial charge in [-0.05, 0) is 12.8 Å². The zero-order valence-electron chi connectivity index (χ0n) is 7.60. The molecule has 6 heteroatoms. The van der Waals surface area contributed by atoms with Crippen LogP contribution in [0.4, 0.5) is 0 Å². The van der Waals surface area contributed by atoms with Crippen molar-refractivity contribution in [1.29, 1.82) is 0 Å². The van der Waals surface area contributed by atoms with Gasteiger partial charge >= 0.3 is 7.82 Å². The van der Waals surface area contributed by atoms with E-state index < -0.39 is 7.82 Å². The highest BCUT2D eigenvalue weighted by atomic mass is 31.2. The molecule has 0 bridgehead atoms. The van der Waals surface area contributed by atoms with E-state index in [1.54, 1.807) is 0 Å². The molecule has 13 heavy (non-hydrogen) atoms. The Balaban J connectivity index is 3.36. The van der Waals surface area contributed by atoms with Gasteiger partial charge in [-0.3, -0.25) is 9.32 Å². The molecular weight excluding hydrogens is 195 g/mol. The van der Waals surface area contributed by atoms with Crippen LogP contribution in [-0.2, 0) is 13.9 Å². The summed E-state index contributed by atoms with van der Waals surface area (Å²) in [5, 5.41) is 0. The molecule has 0 radical (unpaired) electrons. The summed E-state index contributed by atoms with van der Waals surface area (Å²) in [5.74, 6) is 0.108. The number of carbonyl (C=O) groups is 1. The summed E-state index contributed by atoms with van der Waals surface area (Å²) in [4.78, 5) is 27.5. The lowest BCUT2D eigenvalue weighted by Crippen LogP contribution is -2.00. The van der Waals surface area contributed by atoms with Gasteiger partial charge in [-0.25, -0.2) is 4.57 Å². The first-order chi connectivity index (χ1) is 5.95. The van der Waals surface area contributed by atoms with Crippen molar-refractivity contribution < 1.29 is 23.7 Å². The van der Waals surface area contributed by atoms with Crippen molar-refractivity contribution in [2.24, 2.45) is 0 Å². The minimum Gasteiger partial charge on any atom is -0.303 e. The number of hydrogen-bond acceptors (Lipinski definition) is 3. The van der Waals surface area contributed by atoms with E-state index >= 15 is 0 Å². The second-order valence-electron chi connectivity index (χ2n) is 2.72. The van der Waals surface area contributed by atoms with Crippen LogP contribution in [0.3, 0.4) is 0 Å². The maximum absolute atomic E-state index is 10.9. The van der Waals surface area contributed by atoms with E-state index in [2.05, 4.69) is 4.52 Å². The monoisotopic (exact) mass is 210 g/mol. The van der Waals surface area contributed by atoms with Crippen molar-refractivity contribution in [2.75, 3.05) is 6.61 Å². The Morgan fingerprint density at radius 1 is 1.38 bits per heavy atom. The summed E-state index contributed by atoms with van der Waals surface area (Å²) < 4.78 is 14.4. The second kappa shape index (κ2) is 6.27. The molecule has 0 heterocycles. The Labute approximate surface area is 77.3 Å². The zero-order valence-corrected chi connectivity index (χ0v) is 8.50. The lowest BCUT2D eigenvalue weighted by atomic mass is 10.1. The molecule has 0 aromatic rings. The first-order valence-electron chi connectivity index (χ1n) is 4.17. The van der Waals surface area contributed by atoms with Gasteiger partial charge in [0.25, 0.3) is 0 Å². The van der Waals surface area contributed by atoms with Crippen LogP contribution >= 0.6 is 7.82 Å². The average Bonchev–Trinajstić information content (AvgIpc) is 1.97. The third-order valence-electron chi connectivity index (χ3n) is 1.39. The Hall–Kier alpha value is -0.220. The summed E-state index contributed by atoms with van der Waals surface area (Å²) >= 11 is 0. The summed E-state index contributed by atoms with van der Waals surface area (Å²) in [7, 11) is -4.35. The molecule has 5 nitrogen and oxygen atoms in total. The minimum absolute atomic E-state index is 0.0697. The minimum atomic E-state index is -4.35. The molecule has 0 atom stereocenters. The second-order valence-corrected chi connectivity index (χ2v) is 3.96. The van der Waals surface area contributed by atoms with Gasteiger partial charge in [-0.15, -0.1) is 0 Å². The molecule has 0 unspecified atom stereocenters. The SMILES string of the molecule is CCCC(=O)CCCOP(=O)(O)O. The lowest BCUT2D eigenvalue weighted by molar-refractivity contribution is -0.119. The van der Waals surface area contributed by atoms with Crippen molar-refractivity contribution in [1.82, 2.24) is 0 Å². The maximum atomic E-state index is 10.9. The summed E-state index contributed by atoms with van der Waals surface area (Å²) in [6.45, 7) is 1.84. The Morgan fingerprint density at radius 3 is 2.46 bits per heavy atom. The van der Waals surface area contributed by atoms with Crippen LogP contribution in [0.15, 0.2) is 0 Å². The van der Waals surface area contributed by atoms with Gasteiger partial charge in [0.15, 0.2) is 0 Å². The fourth-order valence-electron chi connectivity index (χ4n) is 0.857. The van der Waals surface area contributed by atoms with Crippen LogP contribution in [0.25, 0.3) is 0 Å². The van der Waals surface area contributed by atoms with Gasteiger partial charge in [-0.1, -0.05) is 6.92 Å². The third kappa shape index (κ3) is 9.70. The van der Waals surface area contributed by atoms with E-state index in [9.17, 15) is 9.36 Å². The van der Waals surface area contributed by atoms with Gasteiger partial charge in [0.2, 0.25) is 0 Å². The summed E-state index contributed by atoms with van der Waals surface area (Å²) in [5.41, 5.74) is 0. The molecular formula is C7H15O5P. The maximum Gasteiger partial charge on any atom is 0.469 e. The predicted octanol–water partition coefficient (Wildman–Crippen LogP) is 1.25. The van der Waals surface area contributed by atoms with E-state index in [-0.39, 0.29) is 12.4 Å². The number of phosphoric acid groups is 1. The van der Waals surface area contributed by atoms with E-state index in [0.717, 1.165) is 6.42 Å². The van der Waals surface area contributed by atoms with Gasteiger partial charge in [-0.2, -0.15) is 0 Å². The van der Waals surface area contributed by atoms with Crippen LogP contribution < -0.4 is 0 Å². The first-order valence-corrected chi connectivity index (χ1v) is 5.70. The fourth-order valence-corrected chi connectivity index (χ4v) is 1.22. The summed E-state index contributed by atoms with van der Waals surface area (Å²) in [6.07, 6.45) is 2.02. The van der Waals surface area contributed by atoms with Crippen molar-refractivity contribution in [3.05, 3.63) is 0 Å². The van der Waals surface area contributed by atoms with E-state index in [4.69, 9.17) is 9.79 Å². The first kappa shape index (κ1) is 12.8. The van der Waals surface area contributed by atoms with Crippen molar-refractivity contribution in [3.63, 3.8) is 0 Å². The average molecular weight is 210 g/mol. The van der Waals surface area contributed by atoms with Crippen molar-refractivity contribution in [2.45, 2.75) is 32.6 Å². The highest BCUT2D eigenvalue weighted by molar-refractivity contribution is 7.46. The Morgan fingerprint density at radius 2 is 2.00 bits per heavy atom. The number of Topliss-reactive ketones (excluding diaryl/α,β-unsaturated/α-hetero) is 1. The number of phosphoric ester groups is 1. The Bertz CT molecular complexity index is 197. The zero-order chi connectivity index (χ0) is 10.3. The van der Waals surface area contributed by atoms with Crippen molar-refractivity contribution in [3.8, 4) is 0 Å². The quantitative estimate of drug-likeness (QED) is 0.488. The molecule has 0 aliphatic carbocycles. The van der Waals surface area contributed by atoms with E-state index in [1.165, 1.54) is 0 Å². The van der Waals surface area contributed by atoms with Crippen LogP contribution in [0, 0.1) is 0 Å². The molecule has 0 amide bonds. The van der Waals surface area contributed by atoms with Crippen LogP contribution in [0.5, 0.6) is 0 Å². The molecule has 0 aliphatic heterocycles. The molecule has 0 aromatic heterocycles. The van der Waals surface area contributed by atoms with Gasteiger partial charge in [0, 0.05) is 12.8 Å². The third-order valence-corrected chi connectivity index (χ3v) is 1.91. The Kier molecular flexibility index (Phi) is 6.16. The number of carbonyl (C=O) groups excluding carboxylic acids is 1. The van der Waals surface area contributed by atoms with Crippen LogP contribution in [0.1, 0.15) is 32.6 Å². The molecule has 0 spiro atoms. The normalized spacial score (nSPS) is 11.6. The topological polar surface area (TPSA) is 83.8 Å².